The zero-order valence-electron chi connectivity index (χ0n) is 17.6. The van der Waals surface area contributed by atoms with Crippen molar-refractivity contribution in [1.82, 2.24) is 14.5 Å². The normalized spacial score (nSPS) is 14.6. The van der Waals surface area contributed by atoms with Crippen LogP contribution >= 0.6 is 11.3 Å². The molecule has 170 valence electrons. The Labute approximate surface area is 187 Å². The lowest BCUT2D eigenvalue weighted by molar-refractivity contribution is 0.0996. The minimum Gasteiger partial charge on any atom is -0.491 e. The number of hydrogen-bond acceptors (Lipinski definition) is 7. The molecule has 0 radical (unpaired) electrons. The van der Waals surface area contributed by atoms with Gasteiger partial charge in [-0.2, -0.15) is 0 Å². The molecule has 0 unspecified atom stereocenters. The predicted molar refractivity (Wildman–Crippen MR) is 118 cm³/mol. The van der Waals surface area contributed by atoms with E-state index in [0.29, 0.717) is 78.9 Å². The first kappa shape index (κ1) is 22.2. The van der Waals surface area contributed by atoms with E-state index in [1.807, 2.05) is 11.5 Å². The van der Waals surface area contributed by atoms with Crippen molar-refractivity contribution in [3.05, 3.63) is 33.3 Å². The molecule has 0 saturated heterocycles. The molecular weight excluding hydrogens is 437 g/mol. The Morgan fingerprint density at radius 3 is 2.81 bits per heavy atom. The number of nitrogens with two attached hydrogens (primary N) is 1. The molecule has 3 heterocycles. The summed E-state index contributed by atoms with van der Waals surface area (Å²) in [6.45, 7) is 3.17. The summed E-state index contributed by atoms with van der Waals surface area (Å²) in [4.78, 5) is 33.9. The maximum absolute atomic E-state index is 13.1. The van der Waals surface area contributed by atoms with Crippen LogP contribution in [0.3, 0.4) is 0 Å². The molecule has 0 bridgehead atoms. The summed E-state index contributed by atoms with van der Waals surface area (Å²) in [6.07, 6.45) is 1.90. The van der Waals surface area contributed by atoms with E-state index in [2.05, 4.69) is 15.3 Å². The van der Waals surface area contributed by atoms with Crippen molar-refractivity contribution in [2.24, 2.45) is 5.73 Å². The number of rotatable bonds is 5. The van der Waals surface area contributed by atoms with Gasteiger partial charge < -0.3 is 19.8 Å². The van der Waals surface area contributed by atoms with Gasteiger partial charge in [-0.3, -0.25) is 14.9 Å². The van der Waals surface area contributed by atoms with Gasteiger partial charge in [-0.1, -0.05) is 6.92 Å². The quantitative estimate of drug-likeness (QED) is 0.602. The fraction of sp³-hybridized carbons (Fsp3) is 0.429. The minimum atomic E-state index is -0.722. The van der Waals surface area contributed by atoms with Gasteiger partial charge in [0.25, 0.3) is 5.91 Å². The van der Waals surface area contributed by atoms with E-state index in [4.69, 9.17) is 15.2 Å². The number of imidazole rings is 1. The van der Waals surface area contributed by atoms with Gasteiger partial charge >= 0.3 is 0 Å². The van der Waals surface area contributed by atoms with Crippen molar-refractivity contribution < 1.29 is 23.5 Å². The highest BCUT2D eigenvalue weighted by Gasteiger charge is 2.23. The van der Waals surface area contributed by atoms with Gasteiger partial charge in [-0.25, -0.2) is 14.4 Å². The Morgan fingerprint density at radius 2 is 2.06 bits per heavy atom. The number of primary amides is 1. The molecule has 0 aliphatic carbocycles. The van der Waals surface area contributed by atoms with Crippen molar-refractivity contribution in [3.8, 4) is 5.75 Å². The third-order valence-corrected chi connectivity index (χ3v) is 6.14. The summed E-state index contributed by atoms with van der Waals surface area (Å²) in [5, 5.41) is 3.10. The minimum absolute atomic E-state index is 0.262. The molecule has 0 spiro atoms. The number of aryl methyl sites for hydroxylation is 2. The van der Waals surface area contributed by atoms with Crippen LogP contribution in [0.15, 0.2) is 12.1 Å². The number of nitrogens with one attached hydrogen (secondary N) is 1. The van der Waals surface area contributed by atoms with Crippen LogP contribution in [0.2, 0.25) is 0 Å². The van der Waals surface area contributed by atoms with Crippen molar-refractivity contribution in [3.63, 3.8) is 0 Å². The number of aromatic nitrogens is 3. The average Bonchev–Trinajstić information content (AvgIpc) is 3.34. The highest BCUT2D eigenvalue weighted by atomic mass is 32.1. The molecule has 2 amide bonds. The van der Waals surface area contributed by atoms with Gasteiger partial charge in [-0.05, 0) is 25.0 Å². The molecule has 0 saturated carbocycles. The van der Waals surface area contributed by atoms with Crippen molar-refractivity contribution in [1.29, 1.82) is 0 Å². The van der Waals surface area contributed by atoms with Crippen LogP contribution in [0.5, 0.6) is 5.75 Å². The first-order valence-electron chi connectivity index (χ1n) is 10.4. The molecule has 3 aromatic rings. The van der Waals surface area contributed by atoms with E-state index < -0.39 is 18.5 Å². The van der Waals surface area contributed by atoms with Crippen molar-refractivity contribution >= 4 is 40.1 Å². The van der Waals surface area contributed by atoms with Gasteiger partial charge in [0.15, 0.2) is 0 Å². The number of thiazole rings is 1. The summed E-state index contributed by atoms with van der Waals surface area (Å²) in [5.74, 6) is -0.236. The van der Waals surface area contributed by atoms with Crippen molar-refractivity contribution in [2.75, 3.05) is 25.1 Å². The van der Waals surface area contributed by atoms with E-state index >= 15 is 0 Å². The average molecular weight is 462 g/mol. The zero-order chi connectivity index (χ0) is 22.7. The molecule has 0 fully saturated rings. The Morgan fingerprint density at radius 1 is 1.25 bits per heavy atom. The number of hydrogen-bond donors (Lipinski definition) is 2. The van der Waals surface area contributed by atoms with E-state index in [1.165, 1.54) is 0 Å². The molecule has 9 nitrogen and oxygen atoms in total. The van der Waals surface area contributed by atoms with E-state index in [9.17, 15) is 14.0 Å². The number of carbonyl (C=O) groups excluding carboxylic acids is 2. The zero-order valence-corrected chi connectivity index (χ0v) is 18.5. The second-order valence-corrected chi connectivity index (χ2v) is 8.37. The molecule has 0 atom stereocenters. The highest BCUT2D eigenvalue weighted by molar-refractivity contribution is 7.13. The highest BCUT2D eigenvalue weighted by Crippen LogP contribution is 2.32. The third-order valence-electron chi connectivity index (χ3n) is 5.07. The van der Waals surface area contributed by atoms with Crippen LogP contribution in [0.4, 0.5) is 10.3 Å². The molecule has 1 aromatic carbocycles. The second-order valence-electron chi connectivity index (χ2n) is 7.29. The number of anilines is 1. The maximum Gasteiger partial charge on any atom is 0.269 e. The largest absolute Gasteiger partial charge is 0.491 e. The Balaban J connectivity index is 1.78. The van der Waals surface area contributed by atoms with E-state index in [-0.39, 0.29) is 10.6 Å². The van der Waals surface area contributed by atoms with Gasteiger partial charge in [0, 0.05) is 31.7 Å². The molecule has 1 aliphatic heterocycles. The topological polar surface area (TPSA) is 121 Å². The Kier molecular flexibility index (Phi) is 6.66. The van der Waals surface area contributed by atoms with Gasteiger partial charge in [0.1, 0.15) is 27.8 Å². The van der Waals surface area contributed by atoms with Crippen LogP contribution in [0.25, 0.3) is 11.0 Å². The standard InChI is InChI=1S/C21H24FN5O4S/c1-2-13-18(32-16(11-22)24-13)20(29)26-21-25-14-9-12(19(23)28)10-15-17(14)27(21)5-3-6-30-7-4-8-31-15/h9-10H,2-8,11H2,1H3,(H2,23,28)(H,25,26,29). The number of alkyl halides is 1. The molecular formula is C21H24FN5O4S. The Hall–Kier alpha value is -3.05. The summed E-state index contributed by atoms with van der Waals surface area (Å²) < 4.78 is 26.5. The van der Waals surface area contributed by atoms with Gasteiger partial charge in [0.05, 0.1) is 17.8 Å². The lowest BCUT2D eigenvalue weighted by Gasteiger charge is -2.12. The molecule has 4 rings (SSSR count). The summed E-state index contributed by atoms with van der Waals surface area (Å²) in [5.41, 5.74) is 7.45. The van der Waals surface area contributed by atoms with Crippen LogP contribution in [-0.4, -0.2) is 46.2 Å². The summed E-state index contributed by atoms with van der Waals surface area (Å²) in [6, 6.07) is 3.18. The fourth-order valence-corrected chi connectivity index (χ4v) is 4.50. The molecule has 1 aliphatic rings. The maximum atomic E-state index is 13.1. The molecule has 11 heteroatoms. The number of ether oxygens (including phenoxy) is 2. The van der Waals surface area contributed by atoms with Crippen LogP contribution in [0, 0.1) is 0 Å². The van der Waals surface area contributed by atoms with Crippen LogP contribution in [0.1, 0.15) is 50.5 Å². The van der Waals surface area contributed by atoms with Crippen LogP contribution in [-0.2, 0) is 24.4 Å². The number of amides is 2. The lowest BCUT2D eigenvalue weighted by Crippen LogP contribution is -2.17. The fourth-order valence-electron chi connectivity index (χ4n) is 3.60. The lowest BCUT2D eigenvalue weighted by atomic mass is 10.1. The first-order valence-corrected chi connectivity index (χ1v) is 11.2. The number of nitrogens with zero attached hydrogens (tertiary/aromatic N) is 3. The smallest absolute Gasteiger partial charge is 0.269 e. The SMILES string of the molecule is CCc1nc(CF)sc1C(=O)Nc1nc2cc(C(N)=O)cc3c2n1CCCOCCCO3. The number of carbonyl (C=O) groups is 2. The molecule has 2 aromatic heterocycles. The van der Waals surface area contributed by atoms with Crippen LogP contribution < -0.4 is 15.8 Å². The van der Waals surface area contributed by atoms with Crippen molar-refractivity contribution in [2.45, 2.75) is 39.4 Å². The summed E-state index contributed by atoms with van der Waals surface area (Å²) >= 11 is 1.03. The van der Waals surface area contributed by atoms with E-state index in [1.54, 1.807) is 12.1 Å². The van der Waals surface area contributed by atoms with Gasteiger partial charge in [0.2, 0.25) is 11.9 Å². The molecule has 3 N–H and O–H groups in total. The monoisotopic (exact) mass is 461 g/mol. The molecule has 32 heavy (non-hydrogen) atoms. The van der Waals surface area contributed by atoms with Gasteiger partial charge in [-0.15, -0.1) is 11.3 Å². The summed E-state index contributed by atoms with van der Waals surface area (Å²) in [7, 11) is 0. The number of benzene rings is 1. The first-order chi connectivity index (χ1) is 15.5. The van der Waals surface area contributed by atoms with E-state index in [0.717, 1.165) is 11.3 Å². The number of halogens is 1. The third kappa shape index (κ3) is 4.44. The second kappa shape index (κ2) is 9.61. The Bertz CT molecular complexity index is 1160. The predicted octanol–water partition coefficient (Wildman–Crippen LogP) is 3.07.